The highest BCUT2D eigenvalue weighted by molar-refractivity contribution is 7.13. The van der Waals surface area contributed by atoms with Gasteiger partial charge < -0.3 is 5.32 Å². The van der Waals surface area contributed by atoms with Gasteiger partial charge in [0.2, 0.25) is 0 Å². The molecule has 7 heteroatoms. The standard InChI is InChI=1S/C18H22N4O2S/c1-19-16(23)14-7-4-8-15(11-14)22(12-13-5-2-3-6-13)18(24)21-17-20-9-10-25-17/h4,7-11,13H,2-3,5-6,12H2,1H3,(H,19,23)(H,20,21,24). The molecule has 3 amide bonds. The minimum absolute atomic E-state index is 0.164. The maximum absolute atomic E-state index is 12.8. The summed E-state index contributed by atoms with van der Waals surface area (Å²) < 4.78 is 0. The fraction of sp³-hybridized carbons (Fsp3) is 0.389. The molecule has 1 aromatic heterocycles. The Kier molecular flexibility index (Phi) is 5.65. The van der Waals surface area contributed by atoms with Crippen molar-refractivity contribution in [3.8, 4) is 0 Å². The highest BCUT2D eigenvalue weighted by Gasteiger charge is 2.24. The van der Waals surface area contributed by atoms with Crippen LogP contribution < -0.4 is 15.5 Å². The van der Waals surface area contributed by atoms with Crippen molar-refractivity contribution in [3.63, 3.8) is 0 Å². The van der Waals surface area contributed by atoms with E-state index < -0.39 is 0 Å². The number of hydrogen-bond acceptors (Lipinski definition) is 4. The van der Waals surface area contributed by atoms with Gasteiger partial charge in [-0.25, -0.2) is 9.78 Å². The molecule has 25 heavy (non-hydrogen) atoms. The minimum Gasteiger partial charge on any atom is -0.355 e. The van der Waals surface area contributed by atoms with Gasteiger partial charge in [0.15, 0.2) is 5.13 Å². The molecule has 0 saturated heterocycles. The third-order valence-corrected chi connectivity index (χ3v) is 5.14. The first kappa shape index (κ1) is 17.4. The molecule has 132 valence electrons. The van der Waals surface area contributed by atoms with E-state index in [-0.39, 0.29) is 11.9 Å². The second kappa shape index (κ2) is 8.11. The first-order valence-electron chi connectivity index (χ1n) is 8.47. The lowest BCUT2D eigenvalue weighted by molar-refractivity contribution is 0.0963. The van der Waals surface area contributed by atoms with Crippen LogP contribution in [0, 0.1) is 5.92 Å². The Bertz CT molecular complexity index is 726. The van der Waals surface area contributed by atoms with Crippen molar-refractivity contribution >= 4 is 34.1 Å². The molecule has 6 nitrogen and oxygen atoms in total. The van der Waals surface area contributed by atoms with Crippen LogP contribution in [0.1, 0.15) is 36.0 Å². The van der Waals surface area contributed by atoms with E-state index >= 15 is 0 Å². The van der Waals surface area contributed by atoms with Crippen LogP contribution in [-0.2, 0) is 0 Å². The maximum Gasteiger partial charge on any atom is 0.328 e. The summed E-state index contributed by atoms with van der Waals surface area (Å²) in [5.41, 5.74) is 1.26. The van der Waals surface area contributed by atoms with Gasteiger partial charge in [-0.3, -0.25) is 15.0 Å². The van der Waals surface area contributed by atoms with E-state index in [9.17, 15) is 9.59 Å². The van der Waals surface area contributed by atoms with Gasteiger partial charge >= 0.3 is 6.03 Å². The summed E-state index contributed by atoms with van der Waals surface area (Å²) in [5.74, 6) is 0.328. The van der Waals surface area contributed by atoms with Crippen LogP contribution >= 0.6 is 11.3 Å². The van der Waals surface area contributed by atoms with Gasteiger partial charge in [-0.05, 0) is 37.0 Å². The van der Waals surface area contributed by atoms with Gasteiger partial charge in [-0.1, -0.05) is 18.9 Å². The van der Waals surface area contributed by atoms with Gasteiger partial charge in [-0.2, -0.15) is 0 Å². The van der Waals surface area contributed by atoms with Gasteiger partial charge in [-0.15, -0.1) is 11.3 Å². The molecule has 0 unspecified atom stereocenters. The fourth-order valence-electron chi connectivity index (χ4n) is 3.16. The average molecular weight is 358 g/mol. The second-order valence-electron chi connectivity index (χ2n) is 6.16. The summed E-state index contributed by atoms with van der Waals surface area (Å²) in [5, 5.41) is 7.87. The van der Waals surface area contributed by atoms with Crippen LogP contribution in [0.15, 0.2) is 35.8 Å². The highest BCUT2D eigenvalue weighted by atomic mass is 32.1. The Morgan fingerprint density at radius 1 is 1.32 bits per heavy atom. The summed E-state index contributed by atoms with van der Waals surface area (Å²) in [6.45, 7) is 0.647. The van der Waals surface area contributed by atoms with Gasteiger partial charge in [0.25, 0.3) is 5.91 Å². The summed E-state index contributed by atoms with van der Waals surface area (Å²) >= 11 is 1.38. The van der Waals surface area contributed by atoms with E-state index in [1.165, 1.54) is 24.2 Å². The molecule has 1 heterocycles. The fourth-order valence-corrected chi connectivity index (χ4v) is 3.68. The lowest BCUT2D eigenvalue weighted by Crippen LogP contribution is -2.38. The van der Waals surface area contributed by atoms with Crippen molar-refractivity contribution in [1.82, 2.24) is 10.3 Å². The zero-order chi connectivity index (χ0) is 17.6. The van der Waals surface area contributed by atoms with E-state index in [1.54, 1.807) is 36.3 Å². The number of nitrogens with one attached hydrogen (secondary N) is 2. The van der Waals surface area contributed by atoms with Crippen molar-refractivity contribution in [2.24, 2.45) is 5.92 Å². The molecule has 3 rings (SSSR count). The van der Waals surface area contributed by atoms with Crippen molar-refractivity contribution in [1.29, 1.82) is 0 Å². The first-order valence-corrected chi connectivity index (χ1v) is 9.35. The van der Waals surface area contributed by atoms with Crippen LogP contribution in [0.4, 0.5) is 15.6 Å². The number of amides is 3. The largest absolute Gasteiger partial charge is 0.355 e. The van der Waals surface area contributed by atoms with Gasteiger partial charge in [0.1, 0.15) is 0 Å². The Morgan fingerprint density at radius 3 is 2.80 bits per heavy atom. The lowest BCUT2D eigenvalue weighted by Gasteiger charge is -2.26. The molecule has 0 bridgehead atoms. The number of rotatable bonds is 5. The Balaban J connectivity index is 1.84. The number of thiazole rings is 1. The van der Waals surface area contributed by atoms with E-state index in [4.69, 9.17) is 0 Å². The van der Waals surface area contributed by atoms with Gasteiger partial charge in [0, 0.05) is 36.4 Å². The molecule has 2 N–H and O–H groups in total. The predicted octanol–water partition coefficient (Wildman–Crippen LogP) is 3.73. The van der Waals surface area contributed by atoms with Crippen LogP contribution in [-0.4, -0.2) is 30.5 Å². The number of aromatic nitrogens is 1. The number of benzene rings is 1. The van der Waals surface area contributed by atoms with Crippen molar-refractivity contribution in [3.05, 3.63) is 41.4 Å². The van der Waals surface area contributed by atoms with Crippen molar-refractivity contribution < 1.29 is 9.59 Å². The quantitative estimate of drug-likeness (QED) is 0.855. The van der Waals surface area contributed by atoms with Crippen LogP contribution in [0.25, 0.3) is 0 Å². The zero-order valence-electron chi connectivity index (χ0n) is 14.2. The molecule has 1 aliphatic carbocycles. The van der Waals surface area contributed by atoms with Crippen molar-refractivity contribution in [2.45, 2.75) is 25.7 Å². The van der Waals surface area contributed by atoms with Crippen LogP contribution in [0.5, 0.6) is 0 Å². The summed E-state index contributed by atoms with van der Waals surface area (Å²) in [4.78, 5) is 30.6. The summed E-state index contributed by atoms with van der Waals surface area (Å²) in [6, 6.07) is 6.96. The van der Waals surface area contributed by atoms with E-state index in [2.05, 4.69) is 15.6 Å². The third kappa shape index (κ3) is 4.36. The number of urea groups is 1. The Morgan fingerprint density at radius 2 is 2.12 bits per heavy atom. The molecule has 0 radical (unpaired) electrons. The topological polar surface area (TPSA) is 74.3 Å². The third-order valence-electron chi connectivity index (χ3n) is 4.45. The Hall–Kier alpha value is -2.41. The predicted molar refractivity (Wildman–Crippen MR) is 100 cm³/mol. The zero-order valence-corrected chi connectivity index (χ0v) is 15.0. The molecule has 1 fully saturated rings. The van der Waals surface area contributed by atoms with Gasteiger partial charge in [0.05, 0.1) is 0 Å². The minimum atomic E-state index is -0.212. The second-order valence-corrected chi connectivity index (χ2v) is 7.05. The average Bonchev–Trinajstić information content (AvgIpc) is 3.32. The maximum atomic E-state index is 12.8. The van der Waals surface area contributed by atoms with Crippen LogP contribution in [0.3, 0.4) is 0 Å². The molecule has 0 spiro atoms. The number of carbonyl (C=O) groups excluding carboxylic acids is 2. The molecule has 0 atom stereocenters. The number of nitrogens with zero attached hydrogens (tertiary/aromatic N) is 2. The Labute approximate surface area is 151 Å². The molecule has 2 aromatic rings. The summed E-state index contributed by atoms with van der Waals surface area (Å²) in [7, 11) is 1.60. The van der Waals surface area contributed by atoms with E-state index in [0.29, 0.717) is 23.2 Å². The first-order chi connectivity index (χ1) is 12.2. The van der Waals surface area contributed by atoms with E-state index in [1.807, 2.05) is 11.4 Å². The molecular formula is C18H22N4O2S. The number of carbonyl (C=O) groups is 2. The van der Waals surface area contributed by atoms with Crippen molar-refractivity contribution in [2.75, 3.05) is 23.8 Å². The lowest BCUT2D eigenvalue weighted by atomic mass is 10.1. The highest BCUT2D eigenvalue weighted by Crippen LogP contribution is 2.28. The number of hydrogen-bond donors (Lipinski definition) is 2. The smallest absolute Gasteiger partial charge is 0.328 e. The summed E-state index contributed by atoms with van der Waals surface area (Å²) in [6.07, 6.45) is 6.36. The molecule has 1 aromatic carbocycles. The van der Waals surface area contributed by atoms with Crippen LogP contribution in [0.2, 0.25) is 0 Å². The van der Waals surface area contributed by atoms with E-state index in [0.717, 1.165) is 18.5 Å². The molecule has 1 aliphatic rings. The normalized spacial score (nSPS) is 14.3. The molecule has 0 aliphatic heterocycles. The monoisotopic (exact) mass is 358 g/mol. The SMILES string of the molecule is CNC(=O)c1cccc(N(CC2CCCC2)C(=O)Nc2nccs2)c1. The number of anilines is 2. The molecular weight excluding hydrogens is 336 g/mol. The molecule has 1 saturated carbocycles.